The fraction of sp³-hybridized carbons (Fsp3) is 0.353. The van der Waals surface area contributed by atoms with Crippen LogP contribution in [-0.2, 0) is 4.79 Å². The molecule has 2 aromatic rings. The van der Waals surface area contributed by atoms with Crippen LogP contribution < -0.4 is 10.1 Å². The van der Waals surface area contributed by atoms with Gasteiger partial charge in [-0.3, -0.25) is 4.79 Å². The Labute approximate surface area is 124 Å². The average molecular weight is 287 g/mol. The van der Waals surface area contributed by atoms with E-state index < -0.39 is 6.10 Å². The van der Waals surface area contributed by atoms with Crippen molar-refractivity contribution < 1.29 is 14.6 Å². The molecule has 1 atom stereocenters. The number of carbonyl (C=O) groups excluding carboxylic acids is 1. The summed E-state index contributed by atoms with van der Waals surface area (Å²) in [6.45, 7) is 2.17. The van der Waals surface area contributed by atoms with Crippen molar-refractivity contribution in [2.45, 2.75) is 25.9 Å². The maximum atomic E-state index is 11.2. The van der Waals surface area contributed by atoms with Crippen LogP contribution in [0.3, 0.4) is 0 Å². The molecular weight excluding hydrogens is 266 g/mol. The molecule has 21 heavy (non-hydrogen) atoms. The van der Waals surface area contributed by atoms with Crippen molar-refractivity contribution in [1.82, 2.24) is 5.32 Å². The third-order valence-corrected chi connectivity index (χ3v) is 3.43. The largest absolute Gasteiger partial charge is 0.493 e. The van der Waals surface area contributed by atoms with Crippen LogP contribution in [0.15, 0.2) is 36.4 Å². The molecule has 0 aliphatic heterocycles. The lowest BCUT2D eigenvalue weighted by atomic mass is 10.0. The van der Waals surface area contributed by atoms with Gasteiger partial charge < -0.3 is 15.2 Å². The van der Waals surface area contributed by atoms with Crippen LogP contribution >= 0.6 is 0 Å². The van der Waals surface area contributed by atoms with Gasteiger partial charge in [0.1, 0.15) is 5.75 Å². The van der Waals surface area contributed by atoms with E-state index in [9.17, 15) is 9.90 Å². The second-order valence-electron chi connectivity index (χ2n) is 5.01. The highest BCUT2D eigenvalue weighted by atomic mass is 16.5. The zero-order valence-electron chi connectivity index (χ0n) is 12.4. The minimum Gasteiger partial charge on any atom is -0.493 e. The number of fused-ring (bicyclic) bond motifs is 1. The van der Waals surface area contributed by atoms with Gasteiger partial charge in [-0.1, -0.05) is 36.4 Å². The SMILES string of the molecule is CNC(=O)CCCOc1c([C@@H](C)O)ccc2ccccc12. The third-order valence-electron chi connectivity index (χ3n) is 3.43. The molecule has 1 amide bonds. The highest BCUT2D eigenvalue weighted by molar-refractivity contribution is 5.89. The van der Waals surface area contributed by atoms with Gasteiger partial charge in [-0.15, -0.1) is 0 Å². The van der Waals surface area contributed by atoms with Crippen LogP contribution in [0.1, 0.15) is 31.4 Å². The van der Waals surface area contributed by atoms with Crippen molar-refractivity contribution in [2.75, 3.05) is 13.7 Å². The molecule has 0 bridgehead atoms. The molecule has 0 aliphatic rings. The number of benzene rings is 2. The summed E-state index contributed by atoms with van der Waals surface area (Å²) in [5.41, 5.74) is 0.772. The van der Waals surface area contributed by atoms with Gasteiger partial charge in [0.25, 0.3) is 0 Å². The Morgan fingerprint density at radius 2 is 2.05 bits per heavy atom. The molecule has 0 aliphatic carbocycles. The summed E-state index contributed by atoms with van der Waals surface area (Å²) in [4.78, 5) is 11.2. The number of nitrogens with one attached hydrogen (secondary N) is 1. The normalized spacial score (nSPS) is 12.1. The monoisotopic (exact) mass is 287 g/mol. The van der Waals surface area contributed by atoms with E-state index in [0.717, 1.165) is 16.3 Å². The van der Waals surface area contributed by atoms with E-state index in [1.54, 1.807) is 14.0 Å². The van der Waals surface area contributed by atoms with Crippen LogP contribution in [-0.4, -0.2) is 24.7 Å². The Morgan fingerprint density at radius 3 is 2.76 bits per heavy atom. The summed E-state index contributed by atoms with van der Waals surface area (Å²) in [5, 5.41) is 14.5. The van der Waals surface area contributed by atoms with Gasteiger partial charge >= 0.3 is 0 Å². The van der Waals surface area contributed by atoms with Gasteiger partial charge in [0.15, 0.2) is 0 Å². The van der Waals surface area contributed by atoms with E-state index in [1.807, 2.05) is 36.4 Å². The highest BCUT2D eigenvalue weighted by Crippen LogP contribution is 2.33. The minimum absolute atomic E-state index is 0.00673. The predicted octanol–water partition coefficient (Wildman–Crippen LogP) is 2.80. The summed E-state index contributed by atoms with van der Waals surface area (Å²) in [6.07, 6.45) is 0.483. The van der Waals surface area contributed by atoms with Gasteiger partial charge in [-0.2, -0.15) is 0 Å². The standard InChI is InChI=1S/C17H21NO3/c1-12(19)14-10-9-13-6-3-4-7-15(13)17(14)21-11-5-8-16(20)18-2/h3-4,6-7,9-10,12,19H,5,8,11H2,1-2H3,(H,18,20)/t12-/m1/s1. The lowest BCUT2D eigenvalue weighted by Crippen LogP contribution is -2.18. The molecule has 2 N–H and O–H groups in total. The summed E-state index contributed by atoms with van der Waals surface area (Å²) in [7, 11) is 1.62. The van der Waals surface area contributed by atoms with E-state index in [0.29, 0.717) is 25.2 Å². The Kier molecular flexibility index (Phi) is 5.17. The van der Waals surface area contributed by atoms with E-state index in [-0.39, 0.29) is 5.91 Å². The molecule has 0 spiro atoms. The number of aliphatic hydroxyl groups excluding tert-OH is 1. The van der Waals surface area contributed by atoms with Crippen molar-refractivity contribution >= 4 is 16.7 Å². The first kappa shape index (κ1) is 15.3. The van der Waals surface area contributed by atoms with Crippen molar-refractivity contribution in [3.05, 3.63) is 42.0 Å². The van der Waals surface area contributed by atoms with Crippen molar-refractivity contribution in [1.29, 1.82) is 0 Å². The van der Waals surface area contributed by atoms with Gasteiger partial charge in [0, 0.05) is 24.4 Å². The van der Waals surface area contributed by atoms with E-state index in [2.05, 4.69) is 5.32 Å². The first-order valence-electron chi connectivity index (χ1n) is 7.16. The number of aliphatic hydroxyl groups is 1. The van der Waals surface area contributed by atoms with E-state index >= 15 is 0 Å². The van der Waals surface area contributed by atoms with Gasteiger partial charge in [0.2, 0.25) is 5.91 Å². The average Bonchev–Trinajstić information content (AvgIpc) is 2.50. The summed E-state index contributed by atoms with van der Waals surface area (Å²) in [6, 6.07) is 11.8. The molecule has 0 saturated heterocycles. The smallest absolute Gasteiger partial charge is 0.219 e. The van der Waals surface area contributed by atoms with Gasteiger partial charge in [-0.25, -0.2) is 0 Å². The van der Waals surface area contributed by atoms with Crippen LogP contribution in [0, 0.1) is 0 Å². The number of hydrogen-bond acceptors (Lipinski definition) is 3. The quantitative estimate of drug-likeness (QED) is 0.803. The number of hydrogen-bond donors (Lipinski definition) is 2. The fourth-order valence-electron chi connectivity index (χ4n) is 2.28. The molecule has 0 fully saturated rings. The number of rotatable bonds is 6. The number of ether oxygens (including phenoxy) is 1. The Morgan fingerprint density at radius 1 is 1.29 bits per heavy atom. The second-order valence-corrected chi connectivity index (χ2v) is 5.01. The molecule has 4 heteroatoms. The molecule has 112 valence electrons. The Balaban J connectivity index is 2.19. The molecule has 0 heterocycles. The highest BCUT2D eigenvalue weighted by Gasteiger charge is 2.13. The number of amides is 1. The molecule has 0 saturated carbocycles. The number of carbonyl (C=O) groups is 1. The van der Waals surface area contributed by atoms with E-state index in [1.165, 1.54) is 0 Å². The maximum absolute atomic E-state index is 11.2. The Bertz CT molecular complexity index is 622. The van der Waals surface area contributed by atoms with Crippen molar-refractivity contribution in [3.63, 3.8) is 0 Å². The first-order chi connectivity index (χ1) is 10.1. The minimum atomic E-state index is -0.594. The Hall–Kier alpha value is -2.07. The molecular formula is C17H21NO3. The molecule has 4 nitrogen and oxygen atoms in total. The molecule has 0 aromatic heterocycles. The van der Waals surface area contributed by atoms with Crippen LogP contribution in [0.2, 0.25) is 0 Å². The van der Waals surface area contributed by atoms with Gasteiger partial charge in [-0.05, 0) is 18.7 Å². The molecule has 2 aromatic carbocycles. The van der Waals surface area contributed by atoms with Crippen LogP contribution in [0.25, 0.3) is 10.8 Å². The molecule has 0 radical (unpaired) electrons. The van der Waals surface area contributed by atoms with Crippen LogP contribution in [0.4, 0.5) is 0 Å². The topological polar surface area (TPSA) is 58.6 Å². The molecule has 0 unspecified atom stereocenters. The van der Waals surface area contributed by atoms with Crippen molar-refractivity contribution in [3.8, 4) is 5.75 Å². The zero-order chi connectivity index (χ0) is 15.2. The third kappa shape index (κ3) is 3.73. The van der Waals surface area contributed by atoms with Crippen molar-refractivity contribution in [2.24, 2.45) is 0 Å². The molecule has 2 rings (SSSR count). The van der Waals surface area contributed by atoms with E-state index in [4.69, 9.17) is 4.74 Å². The second kappa shape index (κ2) is 7.09. The first-order valence-corrected chi connectivity index (χ1v) is 7.16. The lowest BCUT2D eigenvalue weighted by molar-refractivity contribution is -0.120. The fourth-order valence-corrected chi connectivity index (χ4v) is 2.28. The zero-order valence-corrected chi connectivity index (χ0v) is 12.4. The summed E-state index contributed by atoms with van der Waals surface area (Å²) in [5.74, 6) is 0.715. The predicted molar refractivity (Wildman–Crippen MR) is 83.4 cm³/mol. The summed E-state index contributed by atoms with van der Waals surface area (Å²) < 4.78 is 5.87. The maximum Gasteiger partial charge on any atom is 0.219 e. The van der Waals surface area contributed by atoms with Gasteiger partial charge in [0.05, 0.1) is 12.7 Å². The van der Waals surface area contributed by atoms with Crippen LogP contribution in [0.5, 0.6) is 5.75 Å². The lowest BCUT2D eigenvalue weighted by Gasteiger charge is -2.16. The summed E-state index contributed by atoms with van der Waals surface area (Å²) >= 11 is 0.